The highest BCUT2D eigenvalue weighted by molar-refractivity contribution is 6.35. The predicted octanol–water partition coefficient (Wildman–Crippen LogP) is 5.63. The molecule has 0 bridgehead atoms. The van der Waals surface area contributed by atoms with E-state index >= 15 is 0 Å². The van der Waals surface area contributed by atoms with Gasteiger partial charge in [0, 0.05) is 46.2 Å². The normalized spacial score (nSPS) is 11.8. The van der Waals surface area contributed by atoms with Gasteiger partial charge < -0.3 is 10.1 Å². The summed E-state index contributed by atoms with van der Waals surface area (Å²) in [6.07, 6.45) is 5.03. The standard InChI is InChI=1S/C19H17Cl2N3O/c1-12(17-5-4-15(20)8-18(17)21)25-16-7-14(9-23-11-16)13-3-6-19(22-2)24-10-13/h3-12H,1-2H3,(H,22,24). The number of benzene rings is 1. The Bertz CT molecular complexity index is 869. The lowest BCUT2D eigenvalue weighted by atomic mass is 10.1. The third-order valence-electron chi connectivity index (χ3n) is 3.78. The highest BCUT2D eigenvalue weighted by atomic mass is 35.5. The lowest BCUT2D eigenvalue weighted by molar-refractivity contribution is 0.226. The molecule has 1 aromatic carbocycles. The Labute approximate surface area is 156 Å². The van der Waals surface area contributed by atoms with Crippen LogP contribution in [0.15, 0.2) is 55.0 Å². The van der Waals surface area contributed by atoms with Crippen LogP contribution in [-0.4, -0.2) is 17.0 Å². The minimum atomic E-state index is -0.230. The molecule has 2 heterocycles. The Kier molecular flexibility index (Phi) is 5.41. The first-order chi connectivity index (χ1) is 12.1. The van der Waals surface area contributed by atoms with Crippen molar-refractivity contribution in [2.75, 3.05) is 12.4 Å². The number of rotatable bonds is 5. The van der Waals surface area contributed by atoms with Gasteiger partial charge in [-0.05, 0) is 37.3 Å². The van der Waals surface area contributed by atoms with Crippen LogP contribution >= 0.6 is 23.2 Å². The summed E-state index contributed by atoms with van der Waals surface area (Å²) in [6.45, 7) is 1.94. The number of aromatic nitrogens is 2. The van der Waals surface area contributed by atoms with Crippen LogP contribution in [0, 0.1) is 0 Å². The van der Waals surface area contributed by atoms with E-state index in [1.807, 2.05) is 38.2 Å². The van der Waals surface area contributed by atoms with Gasteiger partial charge in [0.1, 0.15) is 17.7 Å². The molecule has 3 aromatic rings. The van der Waals surface area contributed by atoms with Crippen LogP contribution in [-0.2, 0) is 0 Å². The zero-order chi connectivity index (χ0) is 17.8. The molecule has 2 aromatic heterocycles. The molecule has 1 atom stereocenters. The lowest BCUT2D eigenvalue weighted by Crippen LogP contribution is -2.04. The van der Waals surface area contributed by atoms with Gasteiger partial charge in [-0.15, -0.1) is 0 Å². The molecule has 25 heavy (non-hydrogen) atoms. The Morgan fingerprint density at radius 1 is 1.00 bits per heavy atom. The van der Waals surface area contributed by atoms with E-state index in [0.29, 0.717) is 15.8 Å². The number of halogens is 2. The van der Waals surface area contributed by atoms with E-state index in [4.69, 9.17) is 27.9 Å². The van der Waals surface area contributed by atoms with Gasteiger partial charge >= 0.3 is 0 Å². The minimum absolute atomic E-state index is 0.230. The second-order valence-corrected chi connectivity index (χ2v) is 6.36. The Hall–Kier alpha value is -2.30. The number of hydrogen-bond acceptors (Lipinski definition) is 4. The zero-order valence-electron chi connectivity index (χ0n) is 13.8. The quantitative estimate of drug-likeness (QED) is 0.629. The smallest absolute Gasteiger partial charge is 0.139 e. The summed E-state index contributed by atoms with van der Waals surface area (Å²) in [5.74, 6) is 1.48. The summed E-state index contributed by atoms with van der Waals surface area (Å²) in [6, 6.07) is 11.2. The van der Waals surface area contributed by atoms with Crippen molar-refractivity contribution in [2.24, 2.45) is 0 Å². The van der Waals surface area contributed by atoms with Crippen LogP contribution in [0.4, 0.5) is 5.82 Å². The second-order valence-electron chi connectivity index (χ2n) is 5.52. The maximum atomic E-state index is 6.25. The Balaban J connectivity index is 1.81. The third kappa shape index (κ3) is 4.21. The molecule has 0 radical (unpaired) electrons. The number of nitrogens with one attached hydrogen (secondary N) is 1. The second kappa shape index (κ2) is 7.72. The Morgan fingerprint density at radius 3 is 2.52 bits per heavy atom. The number of pyridine rings is 2. The maximum absolute atomic E-state index is 6.25. The molecule has 0 aliphatic rings. The van der Waals surface area contributed by atoms with E-state index in [9.17, 15) is 0 Å². The highest BCUT2D eigenvalue weighted by Gasteiger charge is 2.12. The van der Waals surface area contributed by atoms with Crippen LogP contribution in [0.25, 0.3) is 11.1 Å². The number of anilines is 1. The van der Waals surface area contributed by atoms with Crippen LogP contribution < -0.4 is 10.1 Å². The van der Waals surface area contributed by atoms with Gasteiger partial charge in [0.25, 0.3) is 0 Å². The van der Waals surface area contributed by atoms with E-state index in [-0.39, 0.29) is 6.10 Å². The third-order valence-corrected chi connectivity index (χ3v) is 4.34. The van der Waals surface area contributed by atoms with Crippen molar-refractivity contribution in [3.8, 4) is 16.9 Å². The summed E-state index contributed by atoms with van der Waals surface area (Å²) in [5, 5.41) is 4.18. The molecule has 0 fully saturated rings. The average Bonchev–Trinajstić information content (AvgIpc) is 2.62. The molecule has 0 spiro atoms. The van der Waals surface area contributed by atoms with Gasteiger partial charge in [0.2, 0.25) is 0 Å². The van der Waals surface area contributed by atoms with Crippen molar-refractivity contribution in [1.29, 1.82) is 0 Å². The maximum Gasteiger partial charge on any atom is 0.139 e. The van der Waals surface area contributed by atoms with Gasteiger partial charge in [-0.25, -0.2) is 4.98 Å². The van der Waals surface area contributed by atoms with E-state index in [0.717, 1.165) is 22.5 Å². The predicted molar refractivity (Wildman–Crippen MR) is 103 cm³/mol. The van der Waals surface area contributed by atoms with Crippen LogP contribution in [0.3, 0.4) is 0 Å². The molecule has 1 unspecified atom stereocenters. The molecule has 0 amide bonds. The molecular weight excluding hydrogens is 357 g/mol. The number of ether oxygens (including phenoxy) is 1. The van der Waals surface area contributed by atoms with Gasteiger partial charge in [-0.3, -0.25) is 4.98 Å². The fraction of sp³-hybridized carbons (Fsp3) is 0.158. The molecule has 1 N–H and O–H groups in total. The largest absolute Gasteiger partial charge is 0.484 e. The van der Waals surface area contributed by atoms with Crippen molar-refractivity contribution in [2.45, 2.75) is 13.0 Å². The molecular formula is C19H17Cl2N3O. The first kappa shape index (κ1) is 17.5. The fourth-order valence-electron chi connectivity index (χ4n) is 2.45. The SMILES string of the molecule is CNc1ccc(-c2cncc(OC(C)c3ccc(Cl)cc3Cl)c2)cn1. The summed E-state index contributed by atoms with van der Waals surface area (Å²) in [4.78, 5) is 8.59. The van der Waals surface area contributed by atoms with E-state index in [1.54, 1.807) is 30.7 Å². The van der Waals surface area contributed by atoms with Crippen molar-refractivity contribution < 1.29 is 4.74 Å². The molecule has 4 nitrogen and oxygen atoms in total. The summed E-state index contributed by atoms with van der Waals surface area (Å²) in [5.41, 5.74) is 2.77. The molecule has 0 aliphatic heterocycles. The van der Waals surface area contributed by atoms with Crippen molar-refractivity contribution in [3.63, 3.8) is 0 Å². The lowest BCUT2D eigenvalue weighted by Gasteiger charge is -2.17. The van der Waals surface area contributed by atoms with E-state index < -0.39 is 0 Å². The number of hydrogen-bond donors (Lipinski definition) is 1. The van der Waals surface area contributed by atoms with E-state index in [1.165, 1.54) is 0 Å². The summed E-state index contributed by atoms with van der Waals surface area (Å²) >= 11 is 12.2. The van der Waals surface area contributed by atoms with Gasteiger partial charge in [-0.2, -0.15) is 0 Å². The minimum Gasteiger partial charge on any atom is -0.484 e. The van der Waals surface area contributed by atoms with Crippen molar-refractivity contribution in [3.05, 3.63) is 70.6 Å². The monoisotopic (exact) mass is 373 g/mol. The van der Waals surface area contributed by atoms with Crippen LogP contribution in [0.1, 0.15) is 18.6 Å². The molecule has 3 rings (SSSR count). The molecule has 0 saturated carbocycles. The van der Waals surface area contributed by atoms with E-state index in [2.05, 4.69) is 15.3 Å². The van der Waals surface area contributed by atoms with Crippen molar-refractivity contribution in [1.82, 2.24) is 9.97 Å². The number of nitrogens with zero attached hydrogens (tertiary/aromatic N) is 2. The molecule has 6 heteroatoms. The van der Waals surface area contributed by atoms with Gasteiger partial charge in [0.15, 0.2) is 0 Å². The summed E-state index contributed by atoms with van der Waals surface area (Å²) in [7, 11) is 1.83. The first-order valence-electron chi connectivity index (χ1n) is 7.77. The fourth-order valence-corrected chi connectivity index (χ4v) is 3.01. The Morgan fingerprint density at radius 2 is 1.84 bits per heavy atom. The average molecular weight is 374 g/mol. The van der Waals surface area contributed by atoms with Crippen molar-refractivity contribution >= 4 is 29.0 Å². The topological polar surface area (TPSA) is 47.0 Å². The first-order valence-corrected chi connectivity index (χ1v) is 8.53. The zero-order valence-corrected chi connectivity index (χ0v) is 15.3. The molecule has 0 aliphatic carbocycles. The molecule has 0 saturated heterocycles. The molecule has 128 valence electrons. The summed E-state index contributed by atoms with van der Waals surface area (Å²) < 4.78 is 6.01. The highest BCUT2D eigenvalue weighted by Crippen LogP contribution is 2.30. The van der Waals surface area contributed by atoms with Gasteiger partial charge in [-0.1, -0.05) is 29.3 Å². The van der Waals surface area contributed by atoms with Crippen LogP contribution in [0.2, 0.25) is 10.0 Å². The van der Waals surface area contributed by atoms with Crippen LogP contribution in [0.5, 0.6) is 5.75 Å². The van der Waals surface area contributed by atoms with Gasteiger partial charge in [0.05, 0.1) is 6.20 Å².